The Bertz CT molecular complexity index is 369. The molecule has 0 spiro atoms. The van der Waals surface area contributed by atoms with Crippen molar-refractivity contribution in [2.24, 2.45) is 5.73 Å². The summed E-state index contributed by atoms with van der Waals surface area (Å²) in [6.45, 7) is 2.62. The van der Waals surface area contributed by atoms with Crippen LogP contribution in [-0.2, 0) is 9.53 Å². The summed E-state index contributed by atoms with van der Waals surface area (Å²) < 4.78 is 5.06. The summed E-state index contributed by atoms with van der Waals surface area (Å²) in [7, 11) is 1.64. The number of hydrogen-bond donors (Lipinski definition) is 3. The van der Waals surface area contributed by atoms with Crippen molar-refractivity contribution in [2.45, 2.75) is 25.4 Å². The zero-order chi connectivity index (χ0) is 12.8. The minimum absolute atomic E-state index is 0.167. The van der Waals surface area contributed by atoms with Gasteiger partial charge in [-0.25, -0.2) is 4.98 Å². The van der Waals surface area contributed by atoms with E-state index < -0.39 is 12.0 Å². The molecule has 1 rings (SSSR count). The number of nitrogens with two attached hydrogens (primary N) is 1. The molecule has 1 heterocycles. The highest BCUT2D eigenvalue weighted by Crippen LogP contribution is 2.20. The Hall–Kier alpha value is -1.18. The number of carboxylic acids is 1. The minimum atomic E-state index is -1.08. The number of nitrogens with zero attached hydrogens (tertiary/aromatic N) is 1. The topological polar surface area (TPSA) is 97.5 Å². The predicted octanol–water partition coefficient (Wildman–Crippen LogP) is 1.06. The number of anilines is 1. The van der Waals surface area contributed by atoms with Crippen LogP contribution in [0.25, 0.3) is 0 Å². The standard InChI is InChI=1S/C10H17N3O3S/c1-3-6(4-16-2)12-10-13-7(5-17-10)8(11)9(14)15/h5-6,8H,3-4,11H2,1-2H3,(H,12,13)(H,14,15). The Kier molecular flexibility index (Phi) is 5.33. The first-order valence-electron chi connectivity index (χ1n) is 5.27. The Balaban J connectivity index is 2.64. The highest BCUT2D eigenvalue weighted by atomic mass is 32.1. The third-order valence-corrected chi connectivity index (χ3v) is 3.09. The van der Waals surface area contributed by atoms with E-state index in [-0.39, 0.29) is 6.04 Å². The predicted molar refractivity (Wildman–Crippen MR) is 66.3 cm³/mol. The molecular weight excluding hydrogens is 242 g/mol. The maximum Gasteiger partial charge on any atom is 0.326 e. The first kappa shape index (κ1) is 13.9. The molecule has 6 nitrogen and oxygen atoms in total. The summed E-state index contributed by atoms with van der Waals surface area (Å²) >= 11 is 1.34. The van der Waals surface area contributed by atoms with Gasteiger partial charge in [0.25, 0.3) is 0 Å². The number of aliphatic carboxylic acids is 1. The third kappa shape index (κ3) is 3.95. The molecule has 2 atom stereocenters. The van der Waals surface area contributed by atoms with E-state index in [0.717, 1.165) is 6.42 Å². The molecule has 4 N–H and O–H groups in total. The van der Waals surface area contributed by atoms with Crippen molar-refractivity contribution in [3.63, 3.8) is 0 Å². The highest BCUT2D eigenvalue weighted by Gasteiger charge is 2.18. The second kappa shape index (κ2) is 6.53. The van der Waals surface area contributed by atoms with Crippen molar-refractivity contribution < 1.29 is 14.6 Å². The molecule has 2 unspecified atom stereocenters. The number of rotatable bonds is 7. The lowest BCUT2D eigenvalue weighted by Crippen LogP contribution is -2.24. The van der Waals surface area contributed by atoms with Gasteiger partial charge in [-0.05, 0) is 6.42 Å². The van der Waals surface area contributed by atoms with E-state index >= 15 is 0 Å². The van der Waals surface area contributed by atoms with Crippen LogP contribution >= 0.6 is 11.3 Å². The van der Waals surface area contributed by atoms with Gasteiger partial charge in [0.1, 0.15) is 6.04 Å². The van der Waals surface area contributed by atoms with Gasteiger partial charge in [-0.1, -0.05) is 6.92 Å². The van der Waals surface area contributed by atoms with Gasteiger partial charge in [-0.2, -0.15) is 0 Å². The third-order valence-electron chi connectivity index (χ3n) is 2.29. The summed E-state index contributed by atoms with van der Waals surface area (Å²) in [5, 5.41) is 14.3. The quantitative estimate of drug-likeness (QED) is 0.677. The molecule has 0 saturated heterocycles. The van der Waals surface area contributed by atoms with Crippen LogP contribution in [-0.4, -0.2) is 35.8 Å². The largest absolute Gasteiger partial charge is 0.480 e. The normalized spacial score (nSPS) is 14.3. The molecule has 0 fully saturated rings. The van der Waals surface area contributed by atoms with Crippen LogP contribution < -0.4 is 11.1 Å². The second-order valence-corrected chi connectivity index (χ2v) is 4.46. The number of hydrogen-bond acceptors (Lipinski definition) is 6. The lowest BCUT2D eigenvalue weighted by atomic mass is 10.2. The molecule has 0 aliphatic rings. The molecule has 0 aliphatic heterocycles. The van der Waals surface area contributed by atoms with Gasteiger partial charge in [0.15, 0.2) is 5.13 Å². The van der Waals surface area contributed by atoms with Crippen molar-refractivity contribution in [2.75, 3.05) is 19.0 Å². The number of nitrogens with one attached hydrogen (secondary N) is 1. The summed E-state index contributed by atoms with van der Waals surface area (Å²) in [4.78, 5) is 14.8. The number of carbonyl (C=O) groups is 1. The van der Waals surface area contributed by atoms with E-state index in [1.54, 1.807) is 12.5 Å². The number of aromatic nitrogens is 1. The summed E-state index contributed by atoms with van der Waals surface area (Å²) in [6, 6.07) is -0.899. The van der Waals surface area contributed by atoms with Gasteiger partial charge < -0.3 is 20.9 Å². The number of ether oxygens (including phenoxy) is 1. The number of carboxylic acid groups (broad SMARTS) is 1. The molecule has 0 bridgehead atoms. The molecule has 0 aromatic carbocycles. The van der Waals surface area contributed by atoms with Crippen LogP contribution in [0.15, 0.2) is 5.38 Å². The smallest absolute Gasteiger partial charge is 0.326 e. The van der Waals surface area contributed by atoms with Crippen LogP contribution in [0.4, 0.5) is 5.13 Å². The molecule has 0 radical (unpaired) electrons. The first-order valence-corrected chi connectivity index (χ1v) is 6.15. The summed E-state index contributed by atoms with van der Waals surface area (Å²) in [5.41, 5.74) is 5.84. The molecular formula is C10H17N3O3S. The fraction of sp³-hybridized carbons (Fsp3) is 0.600. The molecule has 1 aromatic heterocycles. The molecule has 0 amide bonds. The Morgan fingerprint density at radius 3 is 3.00 bits per heavy atom. The van der Waals surface area contributed by atoms with Gasteiger partial charge in [0.2, 0.25) is 0 Å². The van der Waals surface area contributed by atoms with Crippen molar-refractivity contribution in [1.82, 2.24) is 4.98 Å². The second-order valence-electron chi connectivity index (χ2n) is 3.60. The van der Waals surface area contributed by atoms with Gasteiger partial charge in [0.05, 0.1) is 18.3 Å². The van der Waals surface area contributed by atoms with Gasteiger partial charge in [-0.3, -0.25) is 4.79 Å². The molecule has 0 aliphatic carbocycles. The Morgan fingerprint density at radius 2 is 2.47 bits per heavy atom. The maximum absolute atomic E-state index is 10.7. The van der Waals surface area contributed by atoms with E-state index in [1.807, 2.05) is 6.92 Å². The maximum atomic E-state index is 10.7. The fourth-order valence-electron chi connectivity index (χ4n) is 1.26. The highest BCUT2D eigenvalue weighted by molar-refractivity contribution is 7.13. The van der Waals surface area contributed by atoms with Crippen molar-refractivity contribution >= 4 is 22.4 Å². The molecule has 17 heavy (non-hydrogen) atoms. The van der Waals surface area contributed by atoms with E-state index in [1.165, 1.54) is 11.3 Å². The zero-order valence-electron chi connectivity index (χ0n) is 9.84. The average Bonchev–Trinajstić information content (AvgIpc) is 2.75. The molecule has 1 aromatic rings. The van der Waals surface area contributed by atoms with Crippen LogP contribution in [0, 0.1) is 0 Å². The van der Waals surface area contributed by atoms with Crippen LogP contribution in [0.5, 0.6) is 0 Å². The van der Waals surface area contributed by atoms with Crippen molar-refractivity contribution in [3.8, 4) is 0 Å². The lowest BCUT2D eigenvalue weighted by molar-refractivity contribution is -0.138. The molecule has 0 saturated carbocycles. The van der Waals surface area contributed by atoms with Crippen LogP contribution in [0.1, 0.15) is 25.1 Å². The van der Waals surface area contributed by atoms with Gasteiger partial charge >= 0.3 is 5.97 Å². The Labute approximate surface area is 104 Å². The van der Waals surface area contributed by atoms with E-state index in [9.17, 15) is 4.79 Å². The number of thiazole rings is 1. The van der Waals surface area contributed by atoms with Crippen molar-refractivity contribution in [1.29, 1.82) is 0 Å². The Morgan fingerprint density at radius 1 is 1.76 bits per heavy atom. The van der Waals surface area contributed by atoms with Crippen LogP contribution in [0.2, 0.25) is 0 Å². The average molecular weight is 259 g/mol. The summed E-state index contributed by atoms with van der Waals surface area (Å²) in [5.74, 6) is -1.08. The van der Waals surface area contributed by atoms with Crippen LogP contribution in [0.3, 0.4) is 0 Å². The minimum Gasteiger partial charge on any atom is -0.480 e. The zero-order valence-corrected chi connectivity index (χ0v) is 10.7. The van der Waals surface area contributed by atoms with E-state index in [2.05, 4.69) is 10.3 Å². The van der Waals surface area contributed by atoms with Crippen molar-refractivity contribution in [3.05, 3.63) is 11.1 Å². The molecule has 7 heteroatoms. The lowest BCUT2D eigenvalue weighted by Gasteiger charge is -2.14. The van der Waals surface area contributed by atoms with Gasteiger partial charge in [0, 0.05) is 12.5 Å². The summed E-state index contributed by atoms with van der Waals surface area (Å²) in [6.07, 6.45) is 0.897. The first-order chi connectivity index (χ1) is 8.08. The van der Waals surface area contributed by atoms with E-state index in [0.29, 0.717) is 17.4 Å². The molecule has 96 valence electrons. The monoisotopic (exact) mass is 259 g/mol. The van der Waals surface area contributed by atoms with Gasteiger partial charge in [-0.15, -0.1) is 11.3 Å². The number of methoxy groups -OCH3 is 1. The van der Waals surface area contributed by atoms with E-state index in [4.69, 9.17) is 15.6 Å². The SMILES string of the molecule is CCC(COC)Nc1nc(C(N)C(=O)O)cs1. The fourth-order valence-corrected chi connectivity index (χ4v) is 2.08.